The summed E-state index contributed by atoms with van der Waals surface area (Å²) in [5, 5.41) is 16.8. The minimum absolute atomic E-state index is 0.226. The van der Waals surface area contributed by atoms with Crippen molar-refractivity contribution < 1.29 is 5.11 Å². The van der Waals surface area contributed by atoms with Gasteiger partial charge in [-0.1, -0.05) is 20.8 Å². The fourth-order valence-electron chi connectivity index (χ4n) is 1.65. The van der Waals surface area contributed by atoms with Crippen LogP contribution in [0, 0.1) is 12.3 Å². The monoisotopic (exact) mass is 225 g/mol. The first kappa shape index (κ1) is 13.2. The number of H-pyrrole nitrogens is 1. The average molecular weight is 225 g/mol. The van der Waals surface area contributed by atoms with Crippen LogP contribution in [0.25, 0.3) is 0 Å². The molecule has 0 aliphatic carbocycles. The Balaban J connectivity index is 2.55. The van der Waals surface area contributed by atoms with Gasteiger partial charge < -0.3 is 10.8 Å². The lowest BCUT2D eigenvalue weighted by molar-refractivity contribution is 0.134. The number of nitrogens with two attached hydrogens (primary N) is 1. The first-order valence-electron chi connectivity index (χ1n) is 5.75. The van der Waals surface area contributed by atoms with E-state index in [4.69, 9.17) is 5.73 Å². The molecule has 4 nitrogen and oxygen atoms in total. The van der Waals surface area contributed by atoms with Gasteiger partial charge in [0, 0.05) is 17.3 Å². The minimum atomic E-state index is -0.624. The summed E-state index contributed by atoms with van der Waals surface area (Å²) in [5.41, 5.74) is 7.94. The Morgan fingerprint density at radius 3 is 2.56 bits per heavy atom. The molecule has 2 unspecified atom stereocenters. The number of aromatic nitrogens is 2. The van der Waals surface area contributed by atoms with Crippen LogP contribution >= 0.6 is 0 Å². The van der Waals surface area contributed by atoms with Gasteiger partial charge in [0.15, 0.2) is 0 Å². The smallest absolute Gasteiger partial charge is 0.0973 e. The van der Waals surface area contributed by atoms with Crippen molar-refractivity contribution in [2.75, 3.05) is 0 Å². The highest BCUT2D eigenvalue weighted by atomic mass is 16.3. The van der Waals surface area contributed by atoms with E-state index < -0.39 is 6.10 Å². The molecule has 16 heavy (non-hydrogen) atoms. The van der Waals surface area contributed by atoms with Gasteiger partial charge in [-0.2, -0.15) is 5.10 Å². The Morgan fingerprint density at radius 2 is 2.12 bits per heavy atom. The Labute approximate surface area is 97.2 Å². The second kappa shape index (κ2) is 4.97. The van der Waals surface area contributed by atoms with Crippen LogP contribution in [0.5, 0.6) is 0 Å². The van der Waals surface area contributed by atoms with Gasteiger partial charge in [-0.3, -0.25) is 5.10 Å². The highest BCUT2D eigenvalue weighted by Crippen LogP contribution is 2.26. The number of nitrogens with zero attached hydrogens (tertiary/aromatic N) is 1. The predicted molar refractivity (Wildman–Crippen MR) is 64.9 cm³/mol. The van der Waals surface area contributed by atoms with Gasteiger partial charge >= 0.3 is 0 Å². The quantitative estimate of drug-likeness (QED) is 0.732. The number of hydrogen-bond donors (Lipinski definition) is 3. The van der Waals surface area contributed by atoms with Crippen molar-refractivity contribution in [3.8, 4) is 0 Å². The third kappa shape index (κ3) is 3.61. The zero-order valence-corrected chi connectivity index (χ0v) is 10.6. The molecule has 0 aliphatic heterocycles. The fraction of sp³-hybridized carbons (Fsp3) is 0.750. The number of aromatic amines is 1. The maximum Gasteiger partial charge on any atom is 0.0973 e. The van der Waals surface area contributed by atoms with Gasteiger partial charge in [0.05, 0.1) is 12.3 Å². The standard InChI is InChI=1S/C12H23N3O/c1-8-9(7-14-15-8)11(16)10(13)5-6-12(2,3)4/h7,10-11,16H,5-6,13H2,1-4H3,(H,14,15). The summed E-state index contributed by atoms with van der Waals surface area (Å²) >= 11 is 0. The van der Waals surface area contributed by atoms with Gasteiger partial charge in [-0.15, -0.1) is 0 Å². The van der Waals surface area contributed by atoms with Crippen LogP contribution in [0.3, 0.4) is 0 Å². The molecule has 1 aromatic rings. The lowest BCUT2D eigenvalue weighted by atomic mass is 9.87. The molecule has 0 saturated heterocycles. The SMILES string of the molecule is Cc1[nH]ncc1C(O)C(N)CCC(C)(C)C. The van der Waals surface area contributed by atoms with E-state index in [0.717, 1.165) is 24.1 Å². The number of aliphatic hydroxyl groups is 1. The van der Waals surface area contributed by atoms with Crippen LogP contribution in [0.2, 0.25) is 0 Å². The number of aliphatic hydroxyl groups excluding tert-OH is 1. The summed E-state index contributed by atoms with van der Waals surface area (Å²) in [5.74, 6) is 0. The first-order valence-corrected chi connectivity index (χ1v) is 5.75. The third-order valence-corrected chi connectivity index (χ3v) is 2.82. The summed E-state index contributed by atoms with van der Waals surface area (Å²) in [6, 6.07) is -0.226. The molecular formula is C12H23N3O. The van der Waals surface area contributed by atoms with Crippen molar-refractivity contribution in [1.29, 1.82) is 0 Å². The van der Waals surface area contributed by atoms with E-state index in [9.17, 15) is 5.11 Å². The molecular weight excluding hydrogens is 202 g/mol. The highest BCUT2D eigenvalue weighted by molar-refractivity contribution is 5.19. The van der Waals surface area contributed by atoms with Crippen molar-refractivity contribution >= 4 is 0 Å². The zero-order chi connectivity index (χ0) is 12.3. The van der Waals surface area contributed by atoms with Crippen LogP contribution in [0.1, 0.15) is 51.0 Å². The molecule has 0 bridgehead atoms. The topological polar surface area (TPSA) is 74.9 Å². The van der Waals surface area contributed by atoms with Crippen LogP contribution < -0.4 is 5.73 Å². The predicted octanol–water partition coefficient (Wildman–Crippen LogP) is 1.91. The summed E-state index contributed by atoms with van der Waals surface area (Å²) in [4.78, 5) is 0. The van der Waals surface area contributed by atoms with E-state index in [1.807, 2.05) is 6.92 Å². The Bertz CT molecular complexity index is 327. The molecule has 1 rings (SSSR count). The lowest BCUT2D eigenvalue weighted by Crippen LogP contribution is -2.29. The molecule has 0 radical (unpaired) electrons. The lowest BCUT2D eigenvalue weighted by Gasteiger charge is -2.23. The molecule has 0 aromatic carbocycles. The van der Waals surface area contributed by atoms with Gasteiger partial charge in [-0.05, 0) is 25.2 Å². The second-order valence-electron chi connectivity index (χ2n) is 5.66. The number of hydrogen-bond acceptors (Lipinski definition) is 3. The van der Waals surface area contributed by atoms with E-state index in [2.05, 4.69) is 31.0 Å². The summed E-state index contributed by atoms with van der Waals surface area (Å²) in [6.45, 7) is 8.42. The first-order chi connectivity index (χ1) is 7.31. The minimum Gasteiger partial charge on any atom is -0.387 e. The molecule has 0 amide bonds. The maximum absolute atomic E-state index is 10.1. The Kier molecular flexibility index (Phi) is 4.10. The summed E-state index contributed by atoms with van der Waals surface area (Å²) in [6.07, 6.45) is 2.84. The molecule has 0 fully saturated rings. The highest BCUT2D eigenvalue weighted by Gasteiger charge is 2.22. The van der Waals surface area contributed by atoms with Crippen molar-refractivity contribution in [3.63, 3.8) is 0 Å². The molecule has 1 heterocycles. The molecule has 4 N–H and O–H groups in total. The van der Waals surface area contributed by atoms with Crippen molar-refractivity contribution in [2.24, 2.45) is 11.1 Å². The Hall–Kier alpha value is -0.870. The summed E-state index contributed by atoms with van der Waals surface area (Å²) < 4.78 is 0. The van der Waals surface area contributed by atoms with Crippen molar-refractivity contribution in [2.45, 2.75) is 52.7 Å². The van der Waals surface area contributed by atoms with Crippen molar-refractivity contribution in [1.82, 2.24) is 10.2 Å². The van der Waals surface area contributed by atoms with E-state index in [1.54, 1.807) is 6.20 Å². The number of rotatable bonds is 4. The van der Waals surface area contributed by atoms with Crippen LogP contribution in [-0.4, -0.2) is 21.3 Å². The molecule has 0 aliphatic rings. The number of nitrogens with one attached hydrogen (secondary N) is 1. The molecule has 0 spiro atoms. The van der Waals surface area contributed by atoms with Gasteiger partial charge in [0.1, 0.15) is 0 Å². The fourth-order valence-corrected chi connectivity index (χ4v) is 1.65. The average Bonchev–Trinajstić information content (AvgIpc) is 2.58. The largest absolute Gasteiger partial charge is 0.387 e. The second-order valence-corrected chi connectivity index (χ2v) is 5.66. The van der Waals surface area contributed by atoms with Gasteiger partial charge in [-0.25, -0.2) is 0 Å². The van der Waals surface area contributed by atoms with E-state index in [-0.39, 0.29) is 11.5 Å². The molecule has 1 aromatic heterocycles. The van der Waals surface area contributed by atoms with E-state index >= 15 is 0 Å². The molecule has 4 heteroatoms. The maximum atomic E-state index is 10.1. The molecule has 0 saturated carbocycles. The third-order valence-electron chi connectivity index (χ3n) is 2.82. The Morgan fingerprint density at radius 1 is 1.50 bits per heavy atom. The molecule has 2 atom stereocenters. The van der Waals surface area contributed by atoms with E-state index in [1.165, 1.54) is 0 Å². The van der Waals surface area contributed by atoms with Crippen LogP contribution in [0.4, 0.5) is 0 Å². The van der Waals surface area contributed by atoms with Crippen molar-refractivity contribution in [3.05, 3.63) is 17.5 Å². The van der Waals surface area contributed by atoms with E-state index in [0.29, 0.717) is 0 Å². The molecule has 92 valence electrons. The van der Waals surface area contributed by atoms with Crippen LogP contribution in [0.15, 0.2) is 6.20 Å². The van der Waals surface area contributed by atoms with Gasteiger partial charge in [0.25, 0.3) is 0 Å². The van der Waals surface area contributed by atoms with Gasteiger partial charge in [0.2, 0.25) is 0 Å². The van der Waals surface area contributed by atoms with Crippen LogP contribution in [-0.2, 0) is 0 Å². The normalized spacial score (nSPS) is 16.1. The zero-order valence-electron chi connectivity index (χ0n) is 10.6. The summed E-state index contributed by atoms with van der Waals surface area (Å²) in [7, 11) is 0. The number of aryl methyl sites for hydroxylation is 1.